The number of nitrogens with one attached hydrogen (secondary N) is 1. The number of anilines is 1. The Kier molecular flexibility index (Phi) is 4.09. The van der Waals surface area contributed by atoms with Gasteiger partial charge in [-0.05, 0) is 23.6 Å². The molecule has 2 nitrogen and oxygen atoms in total. The van der Waals surface area contributed by atoms with Crippen LogP contribution in [0.2, 0.25) is 0 Å². The van der Waals surface area contributed by atoms with Crippen molar-refractivity contribution in [1.29, 1.82) is 0 Å². The summed E-state index contributed by atoms with van der Waals surface area (Å²) in [5.74, 6) is 0. The van der Waals surface area contributed by atoms with Crippen molar-refractivity contribution in [3.63, 3.8) is 0 Å². The van der Waals surface area contributed by atoms with Crippen LogP contribution in [0, 0.1) is 0 Å². The van der Waals surface area contributed by atoms with Gasteiger partial charge in [-0.3, -0.25) is 0 Å². The molecule has 20 heavy (non-hydrogen) atoms. The molecule has 3 rings (SSSR count). The molecule has 0 saturated carbocycles. The van der Waals surface area contributed by atoms with Gasteiger partial charge in [0.25, 0.3) is 0 Å². The predicted octanol–water partition coefficient (Wildman–Crippen LogP) is 4.35. The summed E-state index contributed by atoms with van der Waals surface area (Å²) in [7, 11) is 0. The van der Waals surface area contributed by atoms with Gasteiger partial charge >= 0.3 is 0 Å². The average Bonchev–Trinajstić information content (AvgIpc) is 3.01. The lowest BCUT2D eigenvalue weighted by Crippen LogP contribution is -2.03. The number of thiazole rings is 1. The smallest absolute Gasteiger partial charge is 0.0795 e. The van der Waals surface area contributed by atoms with E-state index < -0.39 is 0 Å². The maximum absolute atomic E-state index is 4.30. The number of hydrogen-bond donors (Lipinski definition) is 1. The second-order valence-electron chi connectivity index (χ2n) is 4.65. The summed E-state index contributed by atoms with van der Waals surface area (Å²) in [6.07, 6.45) is 0.946. The van der Waals surface area contributed by atoms with Crippen molar-refractivity contribution in [2.24, 2.45) is 0 Å². The third-order valence-corrected chi connectivity index (χ3v) is 3.83. The van der Waals surface area contributed by atoms with E-state index in [1.165, 1.54) is 16.8 Å². The number of nitrogens with zero attached hydrogens (tertiary/aromatic N) is 1. The van der Waals surface area contributed by atoms with Gasteiger partial charge in [0.05, 0.1) is 17.7 Å². The fourth-order valence-corrected chi connectivity index (χ4v) is 2.73. The first-order valence-electron chi connectivity index (χ1n) is 6.64. The first-order valence-corrected chi connectivity index (χ1v) is 7.59. The largest absolute Gasteiger partial charge is 0.379 e. The van der Waals surface area contributed by atoms with Crippen LogP contribution in [0.3, 0.4) is 0 Å². The van der Waals surface area contributed by atoms with E-state index in [1.807, 2.05) is 5.51 Å². The Bertz CT molecular complexity index is 648. The van der Waals surface area contributed by atoms with Crippen LogP contribution in [0.5, 0.6) is 0 Å². The van der Waals surface area contributed by atoms with Gasteiger partial charge in [-0.15, -0.1) is 11.3 Å². The molecule has 0 aliphatic carbocycles. The van der Waals surface area contributed by atoms with Gasteiger partial charge in [0, 0.05) is 11.1 Å². The van der Waals surface area contributed by atoms with Crippen LogP contribution in [0.1, 0.15) is 16.8 Å². The Labute approximate surface area is 123 Å². The molecule has 0 saturated heterocycles. The molecule has 3 aromatic rings. The standard InChI is InChI=1S/C17H16N2S/c1-2-6-14(7-3-1)10-15-8-4-5-9-17(15)18-11-16-12-20-13-19-16/h1-9,12-13,18H,10-11H2. The Morgan fingerprint density at radius 3 is 2.55 bits per heavy atom. The highest BCUT2D eigenvalue weighted by molar-refractivity contribution is 7.07. The molecule has 0 atom stereocenters. The van der Waals surface area contributed by atoms with Gasteiger partial charge in [0.15, 0.2) is 0 Å². The summed E-state index contributed by atoms with van der Waals surface area (Å²) in [4.78, 5) is 4.30. The van der Waals surface area contributed by atoms with E-state index in [-0.39, 0.29) is 0 Å². The van der Waals surface area contributed by atoms with Gasteiger partial charge in [-0.2, -0.15) is 0 Å². The van der Waals surface area contributed by atoms with Crippen LogP contribution in [0.4, 0.5) is 5.69 Å². The molecule has 0 amide bonds. The summed E-state index contributed by atoms with van der Waals surface area (Å²) in [5, 5.41) is 5.56. The van der Waals surface area contributed by atoms with Crippen LogP contribution in [0.25, 0.3) is 0 Å². The number of rotatable bonds is 5. The summed E-state index contributed by atoms with van der Waals surface area (Å²) in [6, 6.07) is 19.0. The molecule has 0 aliphatic rings. The molecule has 0 unspecified atom stereocenters. The second-order valence-corrected chi connectivity index (χ2v) is 5.37. The molecule has 100 valence electrons. The Balaban J connectivity index is 1.74. The number of hydrogen-bond acceptors (Lipinski definition) is 3. The summed E-state index contributed by atoms with van der Waals surface area (Å²) >= 11 is 1.63. The van der Waals surface area contributed by atoms with Crippen LogP contribution in [0.15, 0.2) is 65.5 Å². The number of benzene rings is 2. The molecule has 0 aliphatic heterocycles. The Morgan fingerprint density at radius 2 is 1.75 bits per heavy atom. The highest BCUT2D eigenvalue weighted by Crippen LogP contribution is 2.19. The minimum absolute atomic E-state index is 0.773. The lowest BCUT2D eigenvalue weighted by atomic mass is 10.0. The maximum Gasteiger partial charge on any atom is 0.0795 e. The molecule has 1 heterocycles. The monoisotopic (exact) mass is 280 g/mol. The molecule has 0 fully saturated rings. The van der Waals surface area contributed by atoms with Crippen LogP contribution in [-0.4, -0.2) is 4.98 Å². The lowest BCUT2D eigenvalue weighted by Gasteiger charge is -2.11. The van der Waals surface area contributed by atoms with Crippen LogP contribution >= 0.6 is 11.3 Å². The lowest BCUT2D eigenvalue weighted by molar-refractivity contribution is 1.06. The molecule has 1 N–H and O–H groups in total. The average molecular weight is 280 g/mol. The fourth-order valence-electron chi connectivity index (χ4n) is 2.17. The minimum atomic E-state index is 0.773. The minimum Gasteiger partial charge on any atom is -0.379 e. The van der Waals surface area contributed by atoms with Crippen molar-refractivity contribution in [2.45, 2.75) is 13.0 Å². The van der Waals surface area contributed by atoms with E-state index in [0.29, 0.717) is 0 Å². The Hall–Kier alpha value is -2.13. The predicted molar refractivity (Wildman–Crippen MR) is 85.1 cm³/mol. The molecular weight excluding hydrogens is 264 g/mol. The van der Waals surface area contributed by atoms with Crippen molar-refractivity contribution < 1.29 is 0 Å². The van der Waals surface area contributed by atoms with E-state index in [0.717, 1.165) is 18.7 Å². The van der Waals surface area contributed by atoms with Crippen molar-refractivity contribution >= 4 is 17.0 Å². The van der Waals surface area contributed by atoms with E-state index in [1.54, 1.807) is 11.3 Å². The number of para-hydroxylation sites is 1. The highest BCUT2D eigenvalue weighted by atomic mass is 32.1. The van der Waals surface area contributed by atoms with Crippen molar-refractivity contribution in [3.05, 3.63) is 82.3 Å². The summed E-state index contributed by atoms with van der Waals surface area (Å²) < 4.78 is 0. The molecule has 0 bridgehead atoms. The summed E-state index contributed by atoms with van der Waals surface area (Å²) in [6.45, 7) is 0.773. The zero-order valence-corrected chi connectivity index (χ0v) is 11.9. The van der Waals surface area contributed by atoms with Gasteiger partial charge in [-0.1, -0.05) is 48.5 Å². The van der Waals surface area contributed by atoms with Gasteiger partial charge in [-0.25, -0.2) is 4.98 Å². The third-order valence-electron chi connectivity index (χ3n) is 3.20. The van der Waals surface area contributed by atoms with Crippen LogP contribution < -0.4 is 5.32 Å². The molecule has 0 spiro atoms. The quantitative estimate of drug-likeness (QED) is 0.751. The molecular formula is C17H16N2S. The molecule has 2 aromatic carbocycles. The fraction of sp³-hybridized carbons (Fsp3) is 0.118. The van der Waals surface area contributed by atoms with Gasteiger partial charge < -0.3 is 5.32 Å². The molecule has 1 aromatic heterocycles. The van der Waals surface area contributed by atoms with E-state index >= 15 is 0 Å². The third kappa shape index (κ3) is 3.25. The van der Waals surface area contributed by atoms with Gasteiger partial charge in [0.2, 0.25) is 0 Å². The topological polar surface area (TPSA) is 24.9 Å². The first kappa shape index (κ1) is 12.9. The Morgan fingerprint density at radius 1 is 0.950 bits per heavy atom. The van der Waals surface area contributed by atoms with Crippen molar-refractivity contribution in [1.82, 2.24) is 4.98 Å². The second kappa shape index (κ2) is 6.35. The van der Waals surface area contributed by atoms with Crippen LogP contribution in [-0.2, 0) is 13.0 Å². The van der Waals surface area contributed by atoms with E-state index in [9.17, 15) is 0 Å². The molecule has 0 radical (unpaired) electrons. The zero-order chi connectivity index (χ0) is 13.6. The van der Waals surface area contributed by atoms with Crippen molar-refractivity contribution in [2.75, 3.05) is 5.32 Å². The van der Waals surface area contributed by atoms with Gasteiger partial charge in [0.1, 0.15) is 0 Å². The first-order chi connectivity index (χ1) is 9.92. The van der Waals surface area contributed by atoms with E-state index in [2.05, 4.69) is 70.3 Å². The molecule has 3 heteroatoms. The normalized spacial score (nSPS) is 10.4. The van der Waals surface area contributed by atoms with E-state index in [4.69, 9.17) is 0 Å². The SMILES string of the molecule is c1ccc(Cc2ccccc2NCc2cscn2)cc1. The number of aromatic nitrogens is 1. The zero-order valence-electron chi connectivity index (χ0n) is 11.1. The van der Waals surface area contributed by atoms with Crippen molar-refractivity contribution in [3.8, 4) is 0 Å². The summed E-state index contributed by atoms with van der Waals surface area (Å²) in [5.41, 5.74) is 6.78. The highest BCUT2D eigenvalue weighted by Gasteiger charge is 2.03. The maximum atomic E-state index is 4.30.